The minimum atomic E-state index is 0.228. The van der Waals surface area contributed by atoms with Crippen molar-refractivity contribution in [3.05, 3.63) is 16.6 Å². The van der Waals surface area contributed by atoms with Crippen LogP contribution in [0.25, 0.3) is 0 Å². The molecule has 4 heteroatoms. The lowest BCUT2D eigenvalue weighted by Gasteiger charge is -2.52. The smallest absolute Gasteiger partial charge is 0.106 e. The molecule has 3 nitrogen and oxygen atoms in total. The summed E-state index contributed by atoms with van der Waals surface area (Å²) < 4.78 is 5.97. The first-order valence-corrected chi connectivity index (χ1v) is 7.61. The molecule has 0 saturated heterocycles. The van der Waals surface area contributed by atoms with Gasteiger partial charge in [-0.3, -0.25) is 0 Å². The summed E-state index contributed by atoms with van der Waals surface area (Å²) in [6.45, 7) is 10.7. The monoisotopic (exact) mass is 268 g/mol. The van der Waals surface area contributed by atoms with E-state index < -0.39 is 0 Å². The van der Waals surface area contributed by atoms with Crippen LogP contribution in [0.2, 0.25) is 0 Å². The first-order chi connectivity index (χ1) is 8.50. The molecule has 0 bridgehead atoms. The lowest BCUT2D eigenvalue weighted by Crippen LogP contribution is -2.60. The molecule has 1 heterocycles. The van der Waals surface area contributed by atoms with Crippen LogP contribution in [-0.4, -0.2) is 23.7 Å². The van der Waals surface area contributed by atoms with Crippen molar-refractivity contribution < 1.29 is 4.74 Å². The highest BCUT2D eigenvalue weighted by Crippen LogP contribution is 2.43. The molecule has 0 spiro atoms. The lowest BCUT2D eigenvalue weighted by atomic mass is 9.64. The fraction of sp³-hybridized carbons (Fsp3) is 0.786. The zero-order valence-electron chi connectivity index (χ0n) is 11.8. The Kier molecular flexibility index (Phi) is 4.41. The summed E-state index contributed by atoms with van der Waals surface area (Å²) in [6.07, 6.45) is 3.38. The summed E-state index contributed by atoms with van der Waals surface area (Å²) in [4.78, 5) is 4.30. The molecule has 2 atom stereocenters. The molecule has 1 N–H and O–H groups in total. The fourth-order valence-electron chi connectivity index (χ4n) is 2.37. The van der Waals surface area contributed by atoms with Crippen molar-refractivity contribution in [1.29, 1.82) is 0 Å². The van der Waals surface area contributed by atoms with Gasteiger partial charge in [0.15, 0.2) is 0 Å². The molecule has 102 valence electrons. The lowest BCUT2D eigenvalue weighted by molar-refractivity contribution is -0.124. The number of rotatable bonds is 6. The molecular formula is C14H24N2OS. The van der Waals surface area contributed by atoms with Gasteiger partial charge in [0.2, 0.25) is 0 Å². The van der Waals surface area contributed by atoms with E-state index in [9.17, 15) is 0 Å². The van der Waals surface area contributed by atoms with Crippen LogP contribution in [0.15, 0.2) is 11.6 Å². The fourth-order valence-corrected chi connectivity index (χ4v) is 2.94. The Morgan fingerprint density at radius 3 is 2.89 bits per heavy atom. The van der Waals surface area contributed by atoms with E-state index in [2.05, 4.69) is 38.0 Å². The molecule has 0 amide bonds. The zero-order chi connectivity index (χ0) is 13.2. The average molecular weight is 268 g/mol. The third-order valence-electron chi connectivity index (χ3n) is 3.79. The van der Waals surface area contributed by atoms with Crippen molar-refractivity contribution in [2.45, 2.75) is 52.8 Å². The first-order valence-electron chi connectivity index (χ1n) is 6.73. The Hall–Kier alpha value is -0.450. The summed E-state index contributed by atoms with van der Waals surface area (Å²) in [5, 5.41) is 6.79. The minimum absolute atomic E-state index is 0.228. The summed E-state index contributed by atoms with van der Waals surface area (Å²) in [7, 11) is 0. The van der Waals surface area contributed by atoms with Gasteiger partial charge in [-0.2, -0.15) is 0 Å². The summed E-state index contributed by atoms with van der Waals surface area (Å²) in [6, 6.07) is 0.540. The highest BCUT2D eigenvalue weighted by Gasteiger charge is 2.48. The van der Waals surface area contributed by atoms with Gasteiger partial charge < -0.3 is 10.1 Å². The van der Waals surface area contributed by atoms with Crippen LogP contribution in [-0.2, 0) is 11.3 Å². The Labute approximate surface area is 114 Å². The van der Waals surface area contributed by atoms with Crippen LogP contribution in [0.4, 0.5) is 0 Å². The molecule has 0 aromatic carbocycles. The van der Waals surface area contributed by atoms with Gasteiger partial charge in [0, 0.05) is 36.2 Å². The van der Waals surface area contributed by atoms with E-state index in [1.165, 1.54) is 0 Å². The Balaban J connectivity index is 1.76. The standard InChI is InChI=1S/C14H24N2OS/c1-10(2)9-17-12-7-11(14(12,3)4)16-8-13-15-5-6-18-13/h5-6,10-12,16H,7-9H2,1-4H3. The highest BCUT2D eigenvalue weighted by atomic mass is 32.1. The van der Waals surface area contributed by atoms with Gasteiger partial charge in [0.1, 0.15) is 5.01 Å². The van der Waals surface area contributed by atoms with E-state index in [0.29, 0.717) is 18.1 Å². The molecule has 1 saturated carbocycles. The Morgan fingerprint density at radius 1 is 1.56 bits per heavy atom. The predicted octanol–water partition coefficient (Wildman–Crippen LogP) is 3.07. The van der Waals surface area contributed by atoms with Crippen molar-refractivity contribution in [1.82, 2.24) is 10.3 Å². The van der Waals surface area contributed by atoms with Crippen LogP contribution in [0, 0.1) is 11.3 Å². The Morgan fingerprint density at radius 2 is 2.33 bits per heavy atom. The van der Waals surface area contributed by atoms with Crippen molar-refractivity contribution in [2.24, 2.45) is 11.3 Å². The van der Waals surface area contributed by atoms with Gasteiger partial charge in [-0.25, -0.2) is 4.98 Å². The molecule has 1 aromatic heterocycles. The second kappa shape index (κ2) is 5.68. The predicted molar refractivity (Wildman–Crippen MR) is 75.7 cm³/mol. The van der Waals surface area contributed by atoms with E-state index in [1.54, 1.807) is 11.3 Å². The third-order valence-corrected chi connectivity index (χ3v) is 4.57. The molecular weight excluding hydrogens is 244 g/mol. The number of ether oxygens (including phenoxy) is 1. The van der Waals surface area contributed by atoms with Crippen molar-refractivity contribution in [2.75, 3.05) is 6.61 Å². The highest BCUT2D eigenvalue weighted by molar-refractivity contribution is 7.09. The van der Waals surface area contributed by atoms with E-state index in [4.69, 9.17) is 4.74 Å². The normalized spacial score (nSPS) is 26.3. The Bertz CT molecular complexity index is 362. The van der Waals surface area contributed by atoms with Gasteiger partial charge in [-0.05, 0) is 12.3 Å². The van der Waals surface area contributed by atoms with Crippen LogP contribution in [0.5, 0.6) is 0 Å². The summed E-state index contributed by atoms with van der Waals surface area (Å²) in [5.41, 5.74) is 0.228. The SMILES string of the molecule is CC(C)COC1CC(NCc2nccs2)C1(C)C. The van der Waals surface area contributed by atoms with E-state index in [0.717, 1.165) is 24.6 Å². The molecule has 2 rings (SSSR count). The van der Waals surface area contributed by atoms with Gasteiger partial charge in [0.25, 0.3) is 0 Å². The molecule has 1 fully saturated rings. The zero-order valence-corrected chi connectivity index (χ0v) is 12.6. The molecule has 0 radical (unpaired) electrons. The maximum Gasteiger partial charge on any atom is 0.106 e. The number of nitrogens with one attached hydrogen (secondary N) is 1. The molecule has 1 aliphatic rings. The maximum atomic E-state index is 5.97. The molecule has 0 aliphatic heterocycles. The van der Waals surface area contributed by atoms with Crippen molar-refractivity contribution >= 4 is 11.3 Å². The minimum Gasteiger partial charge on any atom is -0.377 e. The first kappa shape index (κ1) is 14.0. The van der Waals surface area contributed by atoms with Gasteiger partial charge in [-0.15, -0.1) is 11.3 Å². The van der Waals surface area contributed by atoms with Crippen LogP contribution in [0.1, 0.15) is 39.1 Å². The van der Waals surface area contributed by atoms with Crippen LogP contribution >= 0.6 is 11.3 Å². The number of hydrogen-bond acceptors (Lipinski definition) is 4. The van der Waals surface area contributed by atoms with Crippen molar-refractivity contribution in [3.8, 4) is 0 Å². The van der Waals surface area contributed by atoms with Crippen LogP contribution in [0.3, 0.4) is 0 Å². The van der Waals surface area contributed by atoms with Crippen molar-refractivity contribution in [3.63, 3.8) is 0 Å². The molecule has 18 heavy (non-hydrogen) atoms. The summed E-state index contributed by atoms with van der Waals surface area (Å²) in [5.74, 6) is 0.614. The second-order valence-corrected chi connectivity index (χ2v) is 7.11. The van der Waals surface area contributed by atoms with E-state index >= 15 is 0 Å². The number of thiazole rings is 1. The molecule has 1 aliphatic carbocycles. The average Bonchev–Trinajstić information content (AvgIpc) is 2.79. The van der Waals surface area contributed by atoms with Gasteiger partial charge >= 0.3 is 0 Å². The van der Waals surface area contributed by atoms with Crippen LogP contribution < -0.4 is 5.32 Å². The van der Waals surface area contributed by atoms with Gasteiger partial charge in [0.05, 0.1) is 6.10 Å². The summed E-state index contributed by atoms with van der Waals surface area (Å²) >= 11 is 1.71. The number of hydrogen-bond donors (Lipinski definition) is 1. The molecule has 2 unspecified atom stereocenters. The quantitative estimate of drug-likeness (QED) is 0.861. The number of nitrogens with zero attached hydrogens (tertiary/aromatic N) is 1. The largest absolute Gasteiger partial charge is 0.377 e. The van der Waals surface area contributed by atoms with E-state index in [1.807, 2.05) is 11.6 Å². The van der Waals surface area contributed by atoms with E-state index in [-0.39, 0.29) is 5.41 Å². The number of aromatic nitrogens is 1. The second-order valence-electron chi connectivity index (χ2n) is 6.13. The molecule has 1 aromatic rings. The maximum absolute atomic E-state index is 5.97. The third kappa shape index (κ3) is 3.11. The van der Waals surface area contributed by atoms with Gasteiger partial charge in [-0.1, -0.05) is 27.7 Å². The topological polar surface area (TPSA) is 34.1 Å².